The van der Waals surface area contributed by atoms with Gasteiger partial charge in [-0.25, -0.2) is 0 Å². The fraction of sp³-hybridized carbons (Fsp3) is 0.600. The van der Waals surface area contributed by atoms with E-state index in [4.69, 9.17) is 5.73 Å². The standard InChI is InChI=1S/C10H16N2S/c1-8(10-3-2-6-13-10)12-5-4-9(11)7-12/h2-3,6,8-9H,4-5,7,11H2,1H3/t8?,9-/m0/s1. The van der Waals surface area contributed by atoms with Crippen LogP contribution in [0.2, 0.25) is 0 Å². The van der Waals surface area contributed by atoms with Crippen LogP contribution in [0.1, 0.15) is 24.3 Å². The van der Waals surface area contributed by atoms with Gasteiger partial charge in [0, 0.05) is 30.1 Å². The summed E-state index contributed by atoms with van der Waals surface area (Å²) in [7, 11) is 0. The summed E-state index contributed by atoms with van der Waals surface area (Å²) in [6, 6.07) is 5.27. The summed E-state index contributed by atoms with van der Waals surface area (Å²) in [5.74, 6) is 0. The molecule has 1 saturated heterocycles. The molecule has 1 aromatic rings. The zero-order valence-corrected chi connectivity index (χ0v) is 8.76. The quantitative estimate of drug-likeness (QED) is 0.782. The number of nitrogens with two attached hydrogens (primary N) is 1. The third kappa shape index (κ3) is 1.93. The lowest BCUT2D eigenvalue weighted by molar-refractivity contribution is 0.263. The maximum absolute atomic E-state index is 5.88. The van der Waals surface area contributed by atoms with Crippen LogP contribution in [0.25, 0.3) is 0 Å². The monoisotopic (exact) mass is 196 g/mol. The van der Waals surface area contributed by atoms with Gasteiger partial charge in [0.05, 0.1) is 0 Å². The summed E-state index contributed by atoms with van der Waals surface area (Å²) in [6.07, 6.45) is 1.15. The lowest BCUT2D eigenvalue weighted by Gasteiger charge is -2.22. The van der Waals surface area contributed by atoms with Crippen molar-refractivity contribution in [3.05, 3.63) is 22.4 Å². The van der Waals surface area contributed by atoms with Gasteiger partial charge in [-0.2, -0.15) is 0 Å². The second-order valence-electron chi connectivity index (χ2n) is 3.74. The van der Waals surface area contributed by atoms with Crippen molar-refractivity contribution in [2.45, 2.75) is 25.4 Å². The van der Waals surface area contributed by atoms with E-state index in [0.29, 0.717) is 12.1 Å². The predicted octanol–water partition coefficient (Wildman–Crippen LogP) is 1.84. The molecular formula is C10H16N2S. The molecule has 2 heterocycles. The minimum absolute atomic E-state index is 0.391. The molecule has 2 nitrogen and oxygen atoms in total. The first kappa shape index (κ1) is 9.19. The highest BCUT2D eigenvalue weighted by Crippen LogP contribution is 2.27. The maximum Gasteiger partial charge on any atom is 0.0413 e. The summed E-state index contributed by atoms with van der Waals surface area (Å²) in [4.78, 5) is 3.92. The smallest absolute Gasteiger partial charge is 0.0413 e. The Kier molecular flexibility index (Phi) is 2.67. The van der Waals surface area contributed by atoms with Crippen LogP contribution in [0.3, 0.4) is 0 Å². The maximum atomic E-state index is 5.88. The number of hydrogen-bond donors (Lipinski definition) is 1. The van der Waals surface area contributed by atoms with Gasteiger partial charge in [-0.3, -0.25) is 4.90 Å². The number of hydrogen-bond acceptors (Lipinski definition) is 3. The van der Waals surface area contributed by atoms with E-state index in [0.717, 1.165) is 19.5 Å². The molecule has 3 heteroatoms. The van der Waals surface area contributed by atoms with Crippen molar-refractivity contribution in [2.75, 3.05) is 13.1 Å². The third-order valence-corrected chi connectivity index (χ3v) is 3.80. The molecule has 0 bridgehead atoms. The Hall–Kier alpha value is -0.380. The molecule has 1 unspecified atom stereocenters. The number of thiophene rings is 1. The molecule has 2 rings (SSSR count). The highest BCUT2D eigenvalue weighted by Gasteiger charge is 2.24. The molecule has 1 aliphatic rings. The van der Waals surface area contributed by atoms with E-state index in [2.05, 4.69) is 29.3 Å². The Balaban J connectivity index is 2.02. The van der Waals surface area contributed by atoms with Gasteiger partial charge in [0.2, 0.25) is 0 Å². The van der Waals surface area contributed by atoms with Crippen molar-refractivity contribution in [3.8, 4) is 0 Å². The van der Waals surface area contributed by atoms with Crippen LogP contribution >= 0.6 is 11.3 Å². The molecule has 0 aliphatic carbocycles. The summed E-state index contributed by atoms with van der Waals surface area (Å²) in [5, 5.41) is 2.14. The van der Waals surface area contributed by atoms with Crippen molar-refractivity contribution >= 4 is 11.3 Å². The fourth-order valence-corrected chi connectivity index (χ4v) is 2.69. The summed E-state index contributed by atoms with van der Waals surface area (Å²) >= 11 is 1.84. The van der Waals surface area contributed by atoms with E-state index in [1.807, 2.05) is 11.3 Å². The zero-order valence-electron chi connectivity index (χ0n) is 7.94. The molecule has 0 saturated carbocycles. The molecule has 0 aromatic carbocycles. The summed E-state index contributed by atoms with van der Waals surface area (Å²) in [5.41, 5.74) is 5.88. The van der Waals surface area contributed by atoms with Gasteiger partial charge < -0.3 is 5.73 Å². The normalized spacial score (nSPS) is 26.5. The van der Waals surface area contributed by atoms with Gasteiger partial charge in [0.1, 0.15) is 0 Å². The molecule has 2 atom stereocenters. The van der Waals surface area contributed by atoms with Gasteiger partial charge in [0.25, 0.3) is 0 Å². The Morgan fingerprint density at radius 2 is 2.54 bits per heavy atom. The SMILES string of the molecule is CC(c1cccs1)N1CC[C@H](N)C1. The number of likely N-dealkylation sites (tertiary alicyclic amines) is 1. The molecule has 2 N–H and O–H groups in total. The van der Waals surface area contributed by atoms with Crippen LogP contribution in [0.15, 0.2) is 17.5 Å². The van der Waals surface area contributed by atoms with E-state index < -0.39 is 0 Å². The minimum atomic E-state index is 0.391. The average molecular weight is 196 g/mol. The molecule has 0 amide bonds. The fourth-order valence-electron chi connectivity index (χ4n) is 1.88. The van der Waals surface area contributed by atoms with Crippen molar-refractivity contribution in [3.63, 3.8) is 0 Å². The van der Waals surface area contributed by atoms with E-state index >= 15 is 0 Å². The Morgan fingerprint density at radius 1 is 1.69 bits per heavy atom. The highest BCUT2D eigenvalue weighted by atomic mass is 32.1. The first-order valence-corrected chi connectivity index (χ1v) is 5.68. The first-order chi connectivity index (χ1) is 6.27. The van der Waals surface area contributed by atoms with E-state index in [1.54, 1.807) is 0 Å². The van der Waals surface area contributed by atoms with Crippen LogP contribution in [-0.2, 0) is 0 Å². The van der Waals surface area contributed by atoms with Gasteiger partial charge >= 0.3 is 0 Å². The van der Waals surface area contributed by atoms with Crippen LogP contribution in [0.4, 0.5) is 0 Å². The molecule has 72 valence electrons. The van der Waals surface area contributed by atoms with Crippen molar-refractivity contribution in [2.24, 2.45) is 5.73 Å². The average Bonchev–Trinajstić information content (AvgIpc) is 2.72. The van der Waals surface area contributed by atoms with Crippen LogP contribution < -0.4 is 5.73 Å². The molecular weight excluding hydrogens is 180 g/mol. The van der Waals surface area contributed by atoms with Gasteiger partial charge in [-0.1, -0.05) is 6.07 Å². The third-order valence-electron chi connectivity index (χ3n) is 2.76. The molecule has 13 heavy (non-hydrogen) atoms. The largest absolute Gasteiger partial charge is 0.326 e. The Morgan fingerprint density at radius 3 is 3.08 bits per heavy atom. The molecule has 0 spiro atoms. The predicted molar refractivity (Wildman–Crippen MR) is 56.9 cm³/mol. The van der Waals surface area contributed by atoms with E-state index in [9.17, 15) is 0 Å². The van der Waals surface area contributed by atoms with Crippen LogP contribution in [0, 0.1) is 0 Å². The topological polar surface area (TPSA) is 29.3 Å². The van der Waals surface area contributed by atoms with Crippen molar-refractivity contribution in [1.29, 1.82) is 0 Å². The van der Waals surface area contributed by atoms with Crippen LogP contribution in [-0.4, -0.2) is 24.0 Å². The summed E-state index contributed by atoms with van der Waals surface area (Å²) < 4.78 is 0. The Bertz CT molecular complexity index is 258. The second-order valence-corrected chi connectivity index (χ2v) is 4.71. The van der Waals surface area contributed by atoms with Crippen LogP contribution in [0.5, 0.6) is 0 Å². The van der Waals surface area contributed by atoms with Gasteiger partial charge in [-0.05, 0) is 24.8 Å². The lowest BCUT2D eigenvalue weighted by atomic mass is 10.2. The first-order valence-electron chi connectivity index (χ1n) is 4.80. The minimum Gasteiger partial charge on any atom is -0.326 e. The second kappa shape index (κ2) is 3.78. The van der Waals surface area contributed by atoms with Gasteiger partial charge in [-0.15, -0.1) is 11.3 Å². The van der Waals surface area contributed by atoms with Gasteiger partial charge in [0.15, 0.2) is 0 Å². The molecule has 1 aliphatic heterocycles. The highest BCUT2D eigenvalue weighted by molar-refractivity contribution is 7.10. The molecule has 1 aromatic heterocycles. The molecule has 0 radical (unpaired) electrons. The zero-order chi connectivity index (χ0) is 9.26. The molecule has 1 fully saturated rings. The van der Waals surface area contributed by atoms with Crippen molar-refractivity contribution < 1.29 is 0 Å². The lowest BCUT2D eigenvalue weighted by Crippen LogP contribution is -2.28. The van der Waals surface area contributed by atoms with E-state index in [-0.39, 0.29) is 0 Å². The number of rotatable bonds is 2. The summed E-state index contributed by atoms with van der Waals surface area (Å²) in [6.45, 7) is 4.48. The Labute approximate surface area is 83.4 Å². The number of nitrogens with zero attached hydrogens (tertiary/aromatic N) is 1. The van der Waals surface area contributed by atoms with Crippen molar-refractivity contribution in [1.82, 2.24) is 4.90 Å². The van der Waals surface area contributed by atoms with E-state index in [1.165, 1.54) is 4.88 Å².